The van der Waals surface area contributed by atoms with E-state index in [1.807, 2.05) is 0 Å². The topological polar surface area (TPSA) is 114 Å². The van der Waals surface area contributed by atoms with Gasteiger partial charge in [-0.2, -0.15) is 0 Å². The number of carbonyl (C=O) groups is 1. The van der Waals surface area contributed by atoms with E-state index in [4.69, 9.17) is 17.3 Å². The summed E-state index contributed by atoms with van der Waals surface area (Å²) in [5.41, 5.74) is 4.82. The van der Waals surface area contributed by atoms with Gasteiger partial charge in [-0.15, -0.1) is 0 Å². The number of nitrogens with one attached hydrogen (secondary N) is 2. The second-order valence-corrected chi connectivity index (χ2v) is 5.07. The Balaban J connectivity index is 2.64. The Bertz CT molecular complexity index is 505. The first-order chi connectivity index (χ1) is 7.93. The zero-order valence-corrected chi connectivity index (χ0v) is 10.3. The van der Waals surface area contributed by atoms with Crippen molar-refractivity contribution in [3.8, 4) is 0 Å². The van der Waals surface area contributed by atoms with Crippen LogP contribution in [0.1, 0.15) is 0 Å². The van der Waals surface area contributed by atoms with Crippen LogP contribution in [0.15, 0.2) is 23.2 Å². The Morgan fingerprint density at radius 3 is 2.76 bits per heavy atom. The minimum atomic E-state index is -3.73. The molecular formula is C8H11ClN4O3S. The standard InChI is InChI=1S/C8H11ClN4O3S/c9-7-6(2-1-3-11-7)17(15,16)13-5-4-12-8(10)14/h1-3,13H,4-5H2,(H3,10,12,14). The van der Waals surface area contributed by atoms with Crippen LogP contribution in [0.25, 0.3) is 0 Å². The molecule has 17 heavy (non-hydrogen) atoms. The van der Waals surface area contributed by atoms with Crippen LogP contribution in [-0.4, -0.2) is 32.5 Å². The van der Waals surface area contributed by atoms with Crippen LogP contribution in [0, 0.1) is 0 Å². The molecule has 7 nitrogen and oxygen atoms in total. The SMILES string of the molecule is NC(=O)NCCNS(=O)(=O)c1cccnc1Cl. The number of sulfonamides is 1. The second-order valence-electron chi connectivity index (χ2n) is 2.98. The van der Waals surface area contributed by atoms with E-state index in [9.17, 15) is 13.2 Å². The molecule has 0 radical (unpaired) electrons. The molecule has 4 N–H and O–H groups in total. The monoisotopic (exact) mass is 278 g/mol. The van der Waals surface area contributed by atoms with Crippen LogP contribution in [0.2, 0.25) is 5.15 Å². The Kier molecular flexibility index (Phi) is 4.67. The molecule has 0 aliphatic rings. The van der Waals surface area contributed by atoms with Crippen molar-refractivity contribution < 1.29 is 13.2 Å². The molecule has 0 saturated carbocycles. The third-order valence-electron chi connectivity index (χ3n) is 1.73. The van der Waals surface area contributed by atoms with Crippen molar-refractivity contribution in [1.82, 2.24) is 15.0 Å². The smallest absolute Gasteiger partial charge is 0.312 e. The molecule has 0 fully saturated rings. The van der Waals surface area contributed by atoms with E-state index in [0.717, 1.165) is 0 Å². The van der Waals surface area contributed by atoms with Gasteiger partial charge in [0, 0.05) is 19.3 Å². The second kappa shape index (κ2) is 5.80. The van der Waals surface area contributed by atoms with Crippen LogP contribution >= 0.6 is 11.6 Å². The summed E-state index contributed by atoms with van der Waals surface area (Å²) in [5.74, 6) is 0. The molecular weight excluding hydrogens is 268 g/mol. The van der Waals surface area contributed by atoms with E-state index in [1.165, 1.54) is 18.3 Å². The molecule has 0 unspecified atom stereocenters. The average Bonchev–Trinajstić information content (AvgIpc) is 2.24. The van der Waals surface area contributed by atoms with Crippen molar-refractivity contribution in [2.24, 2.45) is 5.73 Å². The Morgan fingerprint density at radius 2 is 2.18 bits per heavy atom. The predicted molar refractivity (Wildman–Crippen MR) is 62.0 cm³/mol. The molecule has 1 aromatic heterocycles. The normalized spacial score (nSPS) is 11.1. The summed E-state index contributed by atoms with van der Waals surface area (Å²) >= 11 is 5.65. The van der Waals surface area contributed by atoms with Gasteiger partial charge in [-0.3, -0.25) is 0 Å². The fraction of sp³-hybridized carbons (Fsp3) is 0.250. The lowest BCUT2D eigenvalue weighted by Gasteiger charge is -2.07. The number of rotatable bonds is 5. The van der Waals surface area contributed by atoms with Gasteiger partial charge in [0.05, 0.1) is 0 Å². The molecule has 0 aliphatic carbocycles. The summed E-state index contributed by atoms with van der Waals surface area (Å²) in [6.45, 7) is 0.100. The van der Waals surface area contributed by atoms with Gasteiger partial charge in [0.1, 0.15) is 10.0 Å². The number of nitrogens with zero attached hydrogens (tertiary/aromatic N) is 1. The number of primary amides is 1. The first kappa shape index (κ1) is 13.7. The number of hydrogen-bond donors (Lipinski definition) is 3. The minimum Gasteiger partial charge on any atom is -0.352 e. The van der Waals surface area contributed by atoms with Crippen molar-refractivity contribution in [3.63, 3.8) is 0 Å². The molecule has 94 valence electrons. The highest BCUT2D eigenvalue weighted by atomic mass is 35.5. The molecule has 0 atom stereocenters. The average molecular weight is 279 g/mol. The van der Waals surface area contributed by atoms with Crippen molar-refractivity contribution in [1.29, 1.82) is 0 Å². The molecule has 0 bridgehead atoms. The van der Waals surface area contributed by atoms with Crippen molar-refractivity contribution >= 4 is 27.7 Å². The maximum atomic E-state index is 11.7. The highest BCUT2D eigenvalue weighted by Gasteiger charge is 2.17. The van der Waals surface area contributed by atoms with Gasteiger partial charge in [0.2, 0.25) is 10.0 Å². The molecule has 1 rings (SSSR count). The Hall–Kier alpha value is -1.38. The summed E-state index contributed by atoms with van der Waals surface area (Å²) in [6, 6.07) is 2.07. The van der Waals surface area contributed by atoms with E-state index >= 15 is 0 Å². The maximum absolute atomic E-state index is 11.7. The zero-order chi connectivity index (χ0) is 12.9. The predicted octanol–water partition coefficient (Wildman–Crippen LogP) is -0.318. The number of pyridine rings is 1. The fourth-order valence-corrected chi connectivity index (χ4v) is 2.50. The highest BCUT2D eigenvalue weighted by molar-refractivity contribution is 7.89. The van der Waals surface area contributed by atoms with Crippen molar-refractivity contribution in [2.75, 3.05) is 13.1 Å². The third-order valence-corrected chi connectivity index (χ3v) is 3.64. The number of amides is 2. The van der Waals surface area contributed by atoms with Gasteiger partial charge in [-0.1, -0.05) is 11.6 Å². The third kappa shape index (κ3) is 4.17. The van der Waals surface area contributed by atoms with Gasteiger partial charge < -0.3 is 11.1 Å². The molecule has 2 amide bonds. The van der Waals surface area contributed by atoms with Gasteiger partial charge >= 0.3 is 6.03 Å². The molecule has 0 saturated heterocycles. The maximum Gasteiger partial charge on any atom is 0.312 e. The van der Waals surface area contributed by atoms with E-state index in [-0.39, 0.29) is 23.1 Å². The summed E-state index contributed by atoms with van der Waals surface area (Å²) in [4.78, 5) is 13.9. The first-order valence-electron chi connectivity index (χ1n) is 4.57. The number of hydrogen-bond acceptors (Lipinski definition) is 4. The number of aromatic nitrogens is 1. The van der Waals surface area contributed by atoms with Crippen molar-refractivity contribution in [2.45, 2.75) is 4.90 Å². The summed E-state index contributed by atoms with van der Waals surface area (Å²) in [6.07, 6.45) is 1.38. The number of nitrogens with two attached hydrogens (primary N) is 1. The van der Waals surface area contributed by atoms with Gasteiger partial charge in [-0.05, 0) is 12.1 Å². The van der Waals surface area contributed by atoms with Crippen LogP contribution in [0.5, 0.6) is 0 Å². The quantitative estimate of drug-likeness (QED) is 0.506. The van der Waals surface area contributed by atoms with E-state index in [2.05, 4.69) is 15.0 Å². The van der Waals surface area contributed by atoms with E-state index < -0.39 is 16.1 Å². The zero-order valence-electron chi connectivity index (χ0n) is 8.68. The largest absolute Gasteiger partial charge is 0.352 e. The summed E-state index contributed by atoms with van der Waals surface area (Å²) in [7, 11) is -3.73. The van der Waals surface area contributed by atoms with Crippen LogP contribution in [-0.2, 0) is 10.0 Å². The number of urea groups is 1. The first-order valence-corrected chi connectivity index (χ1v) is 6.43. The fourth-order valence-electron chi connectivity index (χ4n) is 1.02. The van der Waals surface area contributed by atoms with Gasteiger partial charge in [0.25, 0.3) is 0 Å². The molecule has 0 aliphatic heterocycles. The van der Waals surface area contributed by atoms with E-state index in [1.54, 1.807) is 0 Å². The van der Waals surface area contributed by atoms with Crippen LogP contribution < -0.4 is 15.8 Å². The molecule has 1 heterocycles. The molecule has 0 aromatic carbocycles. The van der Waals surface area contributed by atoms with Crippen molar-refractivity contribution in [3.05, 3.63) is 23.5 Å². The van der Waals surface area contributed by atoms with E-state index in [0.29, 0.717) is 0 Å². The van der Waals surface area contributed by atoms with Crippen LogP contribution in [0.3, 0.4) is 0 Å². The lowest BCUT2D eigenvalue weighted by Crippen LogP contribution is -2.37. The lowest BCUT2D eigenvalue weighted by atomic mass is 10.5. The molecule has 9 heteroatoms. The van der Waals surface area contributed by atoms with Gasteiger partial charge in [0.15, 0.2) is 0 Å². The molecule has 0 spiro atoms. The summed E-state index contributed by atoms with van der Waals surface area (Å²) in [5, 5.41) is 2.14. The van der Waals surface area contributed by atoms with Gasteiger partial charge in [-0.25, -0.2) is 22.9 Å². The summed E-state index contributed by atoms with van der Waals surface area (Å²) < 4.78 is 25.7. The van der Waals surface area contributed by atoms with Crippen LogP contribution in [0.4, 0.5) is 4.79 Å². The number of carbonyl (C=O) groups excluding carboxylic acids is 1. The molecule has 1 aromatic rings. The Morgan fingerprint density at radius 1 is 1.47 bits per heavy atom. The Labute approximate surface area is 103 Å². The number of halogens is 1. The minimum absolute atomic E-state index is 0.0104. The lowest BCUT2D eigenvalue weighted by molar-refractivity contribution is 0.249. The highest BCUT2D eigenvalue weighted by Crippen LogP contribution is 2.16.